The number of hydrogen-bond donors (Lipinski definition) is 0. The lowest BCUT2D eigenvalue weighted by Gasteiger charge is -2.11. The van der Waals surface area contributed by atoms with Gasteiger partial charge in [-0.1, -0.05) is 33.6 Å². The topological polar surface area (TPSA) is 9.23 Å². The van der Waals surface area contributed by atoms with Crippen LogP contribution in [0.5, 0.6) is 11.5 Å². The van der Waals surface area contributed by atoms with Gasteiger partial charge in [0.1, 0.15) is 11.5 Å². The van der Waals surface area contributed by atoms with Gasteiger partial charge in [-0.2, -0.15) is 0 Å². The average molecular weight is 411 g/mol. The highest BCUT2D eigenvalue weighted by Crippen LogP contribution is 2.35. The molecule has 0 aliphatic rings. The fourth-order valence-corrected chi connectivity index (χ4v) is 2.92. The minimum atomic E-state index is 0.376. The number of rotatable bonds is 3. The van der Waals surface area contributed by atoms with Crippen LogP contribution < -0.4 is 4.74 Å². The first-order valence-corrected chi connectivity index (χ1v) is 7.57. The molecule has 0 radical (unpaired) electrons. The Morgan fingerprint density at radius 1 is 1.00 bits per heavy atom. The molecule has 0 unspecified atom stereocenters. The van der Waals surface area contributed by atoms with E-state index < -0.39 is 0 Å². The van der Waals surface area contributed by atoms with Crippen molar-refractivity contribution in [1.82, 2.24) is 0 Å². The van der Waals surface area contributed by atoms with E-state index in [0.29, 0.717) is 22.4 Å². The lowest BCUT2D eigenvalue weighted by Crippen LogP contribution is -1.90. The number of halogens is 4. The largest absolute Gasteiger partial charge is 0.456 e. The van der Waals surface area contributed by atoms with E-state index in [-0.39, 0.29) is 0 Å². The van der Waals surface area contributed by atoms with Crippen LogP contribution in [-0.4, -0.2) is 0 Å². The van der Waals surface area contributed by atoms with E-state index in [9.17, 15) is 0 Å². The fraction of sp³-hybridized carbons (Fsp3) is 0.0769. The summed E-state index contributed by atoms with van der Waals surface area (Å²) in [5, 5.41) is 0.618. The van der Waals surface area contributed by atoms with Crippen LogP contribution in [0.2, 0.25) is 5.02 Å². The van der Waals surface area contributed by atoms with Crippen molar-refractivity contribution < 1.29 is 4.74 Å². The molecule has 0 aromatic heterocycles. The van der Waals surface area contributed by atoms with Gasteiger partial charge >= 0.3 is 0 Å². The Balaban J connectivity index is 2.36. The Morgan fingerprint density at radius 3 is 2.44 bits per heavy atom. The lowest BCUT2D eigenvalue weighted by molar-refractivity contribution is 0.475. The van der Waals surface area contributed by atoms with Gasteiger partial charge in [0.15, 0.2) is 0 Å². The van der Waals surface area contributed by atoms with Crippen LogP contribution in [0.1, 0.15) is 5.56 Å². The molecule has 2 aromatic rings. The molecule has 0 amide bonds. The fourth-order valence-electron chi connectivity index (χ4n) is 1.41. The first-order valence-electron chi connectivity index (χ1n) is 5.07. The van der Waals surface area contributed by atoms with Crippen LogP contribution in [-0.2, 0) is 5.88 Å². The van der Waals surface area contributed by atoms with Crippen molar-refractivity contribution in [3.05, 3.63) is 55.9 Å². The monoisotopic (exact) mass is 408 g/mol. The summed E-state index contributed by atoms with van der Waals surface area (Å²) in [5.41, 5.74) is 0.899. The van der Waals surface area contributed by atoms with Crippen molar-refractivity contribution in [1.29, 1.82) is 0 Å². The molecule has 0 heterocycles. The molecular weight excluding hydrogens is 403 g/mol. The number of ether oxygens (including phenoxy) is 1. The third-order valence-corrected chi connectivity index (χ3v) is 3.92. The molecule has 2 rings (SSSR count). The number of benzene rings is 2. The van der Waals surface area contributed by atoms with E-state index >= 15 is 0 Å². The first kappa shape index (κ1) is 14.2. The second kappa shape index (κ2) is 6.29. The lowest BCUT2D eigenvalue weighted by atomic mass is 10.2. The van der Waals surface area contributed by atoms with Crippen LogP contribution in [0.15, 0.2) is 45.3 Å². The van der Waals surface area contributed by atoms with E-state index in [1.807, 2.05) is 24.3 Å². The SMILES string of the molecule is ClCc1ccc(Cl)cc1Oc1ccc(Br)cc1Br. The Labute approximate surface area is 132 Å². The van der Waals surface area contributed by atoms with Gasteiger partial charge in [0.05, 0.1) is 10.4 Å². The summed E-state index contributed by atoms with van der Waals surface area (Å²) >= 11 is 18.7. The van der Waals surface area contributed by atoms with E-state index in [1.54, 1.807) is 12.1 Å². The normalized spacial score (nSPS) is 10.4. The highest BCUT2D eigenvalue weighted by molar-refractivity contribution is 9.11. The predicted octanol–water partition coefficient (Wildman–Crippen LogP) is 6.40. The summed E-state index contributed by atoms with van der Waals surface area (Å²) in [6.45, 7) is 0. The first-order chi connectivity index (χ1) is 8.60. The van der Waals surface area contributed by atoms with Crippen molar-refractivity contribution in [2.75, 3.05) is 0 Å². The van der Waals surface area contributed by atoms with Crippen molar-refractivity contribution in [3.63, 3.8) is 0 Å². The molecule has 5 heteroatoms. The van der Waals surface area contributed by atoms with Crippen LogP contribution in [0, 0.1) is 0 Å². The molecular formula is C13H8Br2Cl2O. The molecule has 0 N–H and O–H groups in total. The van der Waals surface area contributed by atoms with Gasteiger partial charge in [-0.3, -0.25) is 0 Å². The zero-order valence-corrected chi connectivity index (χ0v) is 13.8. The summed E-state index contributed by atoms with van der Waals surface area (Å²) < 4.78 is 7.67. The molecule has 0 fully saturated rings. The Morgan fingerprint density at radius 2 is 1.78 bits per heavy atom. The molecule has 0 saturated heterocycles. The van der Waals surface area contributed by atoms with Crippen LogP contribution in [0.4, 0.5) is 0 Å². The third-order valence-electron chi connectivity index (χ3n) is 2.29. The molecule has 0 aliphatic heterocycles. The second-order valence-corrected chi connectivity index (χ2v) is 6.04. The van der Waals surface area contributed by atoms with E-state index in [2.05, 4.69) is 31.9 Å². The highest BCUT2D eigenvalue weighted by Gasteiger charge is 2.08. The van der Waals surface area contributed by atoms with E-state index in [4.69, 9.17) is 27.9 Å². The molecule has 1 nitrogen and oxygen atoms in total. The summed E-state index contributed by atoms with van der Waals surface area (Å²) in [4.78, 5) is 0. The Bertz CT molecular complexity index is 573. The smallest absolute Gasteiger partial charge is 0.141 e. The van der Waals surface area contributed by atoms with Gasteiger partial charge in [-0.15, -0.1) is 11.6 Å². The molecule has 0 aliphatic carbocycles. The average Bonchev–Trinajstić information content (AvgIpc) is 2.33. The molecule has 0 bridgehead atoms. The Hall–Kier alpha value is -0.220. The maximum absolute atomic E-state index is 5.96. The van der Waals surface area contributed by atoms with Crippen LogP contribution in [0.25, 0.3) is 0 Å². The highest BCUT2D eigenvalue weighted by atomic mass is 79.9. The number of hydrogen-bond acceptors (Lipinski definition) is 1. The van der Waals surface area contributed by atoms with Gasteiger partial charge in [-0.05, 0) is 46.3 Å². The zero-order valence-electron chi connectivity index (χ0n) is 9.09. The van der Waals surface area contributed by atoms with Crippen molar-refractivity contribution in [3.8, 4) is 11.5 Å². The van der Waals surface area contributed by atoms with Crippen LogP contribution in [0.3, 0.4) is 0 Å². The third kappa shape index (κ3) is 3.41. The quantitative estimate of drug-likeness (QED) is 0.532. The van der Waals surface area contributed by atoms with Crippen LogP contribution >= 0.6 is 55.1 Å². The second-order valence-electron chi connectivity index (χ2n) is 3.56. The Kier molecular flexibility index (Phi) is 4.96. The standard InChI is InChI=1S/C13H8Br2Cl2O/c14-9-2-4-12(11(15)5-9)18-13-6-10(17)3-1-8(13)7-16/h1-6H,7H2. The molecule has 0 spiro atoms. The maximum atomic E-state index is 5.96. The van der Waals surface area contributed by atoms with Gasteiger partial charge in [-0.25, -0.2) is 0 Å². The predicted molar refractivity (Wildman–Crippen MR) is 82.9 cm³/mol. The van der Waals surface area contributed by atoms with Crippen molar-refractivity contribution >= 4 is 55.1 Å². The van der Waals surface area contributed by atoms with Crippen molar-refractivity contribution in [2.24, 2.45) is 0 Å². The molecule has 2 aromatic carbocycles. The van der Waals surface area contributed by atoms with E-state index in [1.165, 1.54) is 0 Å². The summed E-state index contributed by atoms with van der Waals surface area (Å²) in [5.74, 6) is 1.76. The van der Waals surface area contributed by atoms with Crippen molar-refractivity contribution in [2.45, 2.75) is 5.88 Å². The minimum Gasteiger partial charge on any atom is -0.456 e. The molecule has 18 heavy (non-hydrogen) atoms. The van der Waals surface area contributed by atoms with Gasteiger partial charge in [0.2, 0.25) is 0 Å². The molecule has 94 valence electrons. The van der Waals surface area contributed by atoms with E-state index in [0.717, 1.165) is 14.5 Å². The zero-order chi connectivity index (χ0) is 13.1. The number of alkyl halides is 1. The summed E-state index contributed by atoms with van der Waals surface area (Å²) in [7, 11) is 0. The minimum absolute atomic E-state index is 0.376. The summed E-state index contributed by atoms with van der Waals surface area (Å²) in [6, 6.07) is 11.1. The van der Waals surface area contributed by atoms with Gasteiger partial charge < -0.3 is 4.74 Å². The molecule has 0 saturated carbocycles. The summed E-state index contributed by atoms with van der Waals surface area (Å²) in [6.07, 6.45) is 0. The van der Waals surface area contributed by atoms with Gasteiger partial charge in [0, 0.05) is 15.1 Å². The molecule has 0 atom stereocenters. The van der Waals surface area contributed by atoms with Gasteiger partial charge in [0.25, 0.3) is 0 Å². The maximum Gasteiger partial charge on any atom is 0.141 e.